The van der Waals surface area contributed by atoms with Gasteiger partial charge < -0.3 is 14.5 Å². The zero-order valence-corrected chi connectivity index (χ0v) is 24.1. The van der Waals surface area contributed by atoms with Crippen LogP contribution in [0.4, 0.5) is 11.6 Å². The fourth-order valence-electron chi connectivity index (χ4n) is 4.82. The zero-order chi connectivity index (χ0) is 29.9. The normalized spacial score (nSPS) is 14.2. The quantitative estimate of drug-likeness (QED) is 0.0854. The second-order valence-corrected chi connectivity index (χ2v) is 10.6. The summed E-state index contributed by atoms with van der Waals surface area (Å²) in [6, 6.07) is 23.1. The molecule has 0 saturated heterocycles. The molecule has 0 fully saturated rings. The number of aromatic nitrogens is 4. The van der Waals surface area contributed by atoms with Gasteiger partial charge in [-0.25, -0.2) is 14.5 Å². The number of carbonyl (C=O) groups is 1. The van der Waals surface area contributed by atoms with Crippen LogP contribution in [0, 0.1) is 10.1 Å². The number of nitrogens with zero attached hydrogens (tertiary/aromatic N) is 5. The molecule has 0 bridgehead atoms. The molecule has 43 heavy (non-hydrogen) atoms. The molecule has 1 atom stereocenters. The number of esters is 1. The number of anilines is 1. The van der Waals surface area contributed by atoms with Gasteiger partial charge in [0.05, 0.1) is 23.3 Å². The second kappa shape index (κ2) is 11.9. The third kappa shape index (κ3) is 5.77. The lowest BCUT2D eigenvalue weighted by Gasteiger charge is -2.27. The molecule has 0 saturated carbocycles. The van der Waals surface area contributed by atoms with Crippen LogP contribution in [0.15, 0.2) is 106 Å². The highest BCUT2D eigenvalue weighted by Crippen LogP contribution is 2.38. The average molecular weight is 595 g/mol. The summed E-state index contributed by atoms with van der Waals surface area (Å²) in [5, 5.41) is 19.8. The monoisotopic (exact) mass is 594 g/mol. The van der Waals surface area contributed by atoms with E-state index in [1.165, 1.54) is 23.9 Å². The molecule has 6 rings (SSSR count). The number of fused-ring (bicyclic) bond motifs is 1. The molecule has 0 amide bonds. The Morgan fingerprint density at radius 3 is 2.63 bits per heavy atom. The van der Waals surface area contributed by atoms with E-state index in [0.29, 0.717) is 45.3 Å². The summed E-state index contributed by atoms with van der Waals surface area (Å²) in [6.07, 6.45) is 1.72. The number of allylic oxidation sites excluding steroid dienone is 1. The number of benzene rings is 3. The van der Waals surface area contributed by atoms with Crippen molar-refractivity contribution in [1.82, 2.24) is 19.7 Å². The molecule has 3 aromatic carbocycles. The van der Waals surface area contributed by atoms with Gasteiger partial charge in [-0.3, -0.25) is 10.1 Å². The fraction of sp³-hybridized carbons (Fsp3) is 0.161. The lowest BCUT2D eigenvalue weighted by Crippen LogP contribution is -2.29. The summed E-state index contributed by atoms with van der Waals surface area (Å²) < 4.78 is 12.9. The van der Waals surface area contributed by atoms with E-state index in [1.54, 1.807) is 36.9 Å². The van der Waals surface area contributed by atoms with Crippen LogP contribution in [0.2, 0.25) is 0 Å². The predicted molar refractivity (Wildman–Crippen MR) is 161 cm³/mol. The topological polar surface area (TPSA) is 138 Å². The number of hydrogen-bond donors (Lipinski definition) is 1. The van der Waals surface area contributed by atoms with Crippen LogP contribution in [0.5, 0.6) is 0 Å². The minimum atomic E-state index is -0.752. The third-order valence-corrected chi connectivity index (χ3v) is 7.77. The molecule has 0 aliphatic carbocycles. The smallest absolute Gasteiger partial charge is 0.338 e. The molecular weight excluding hydrogens is 568 g/mol. The first kappa shape index (κ1) is 27.9. The summed E-state index contributed by atoms with van der Waals surface area (Å²) in [5.41, 5.74) is 4.17. The number of nitrogens with one attached hydrogen (secondary N) is 1. The Morgan fingerprint density at radius 1 is 1.09 bits per heavy atom. The van der Waals surface area contributed by atoms with Crippen LogP contribution < -0.4 is 5.32 Å². The molecule has 1 N–H and O–H groups in total. The van der Waals surface area contributed by atoms with Gasteiger partial charge in [0.2, 0.25) is 17.0 Å². The van der Waals surface area contributed by atoms with E-state index in [-0.39, 0.29) is 12.3 Å². The van der Waals surface area contributed by atoms with Crippen LogP contribution >= 0.6 is 11.8 Å². The highest BCUT2D eigenvalue weighted by atomic mass is 32.2. The maximum Gasteiger partial charge on any atom is 0.338 e. The van der Waals surface area contributed by atoms with Crippen molar-refractivity contribution in [2.45, 2.75) is 30.8 Å². The van der Waals surface area contributed by atoms with Crippen molar-refractivity contribution >= 4 is 29.4 Å². The average Bonchev–Trinajstić information content (AvgIpc) is 3.68. The van der Waals surface area contributed by atoms with Crippen molar-refractivity contribution < 1.29 is 18.9 Å². The molecule has 1 aliphatic heterocycles. The first-order valence-corrected chi connectivity index (χ1v) is 14.5. The van der Waals surface area contributed by atoms with Crippen LogP contribution in [0.1, 0.15) is 31.0 Å². The molecule has 216 valence electrons. The van der Waals surface area contributed by atoms with Gasteiger partial charge in [0, 0.05) is 34.7 Å². The van der Waals surface area contributed by atoms with Crippen molar-refractivity contribution in [2.24, 2.45) is 0 Å². The maximum absolute atomic E-state index is 13.0. The zero-order valence-electron chi connectivity index (χ0n) is 23.3. The summed E-state index contributed by atoms with van der Waals surface area (Å²) in [4.78, 5) is 33.1. The van der Waals surface area contributed by atoms with Crippen LogP contribution in [0.25, 0.3) is 22.8 Å². The number of hydrogen-bond acceptors (Lipinski definition) is 10. The van der Waals surface area contributed by atoms with Gasteiger partial charge in [-0.15, -0.1) is 5.10 Å². The Hall–Kier alpha value is -5.23. The summed E-state index contributed by atoms with van der Waals surface area (Å²) in [6.45, 7) is 3.66. The molecule has 0 radical (unpaired) electrons. The summed E-state index contributed by atoms with van der Waals surface area (Å²) in [7, 11) is 0. The van der Waals surface area contributed by atoms with Gasteiger partial charge in [0.25, 0.3) is 5.69 Å². The van der Waals surface area contributed by atoms with Crippen molar-refractivity contribution in [3.05, 3.63) is 118 Å². The SMILES string of the molecule is CCOC(=O)C1=C(C)Nc2nc(SCc3ccc(-c4ncc(-c5ccccc5)o4)cc3)nn2C1c1cccc([N+](=O)[O-])c1. The Labute approximate surface area is 250 Å². The van der Waals surface area contributed by atoms with Crippen LogP contribution in [-0.4, -0.2) is 37.2 Å². The van der Waals surface area contributed by atoms with E-state index in [4.69, 9.17) is 14.3 Å². The maximum atomic E-state index is 13.0. The molecule has 1 aliphatic rings. The number of rotatable bonds is 9. The first-order valence-electron chi connectivity index (χ1n) is 13.5. The standard InChI is InChI=1S/C31H26N6O5S/c1-3-41-29(38)26-19(2)33-30-34-31(35-36(30)27(26)23-10-7-11-24(16-23)37(39)40)43-18-20-12-14-22(15-13-20)28-32-17-25(42-28)21-8-5-4-6-9-21/h4-17,27H,3,18H2,1-2H3,(H,33,34,35). The summed E-state index contributed by atoms with van der Waals surface area (Å²) in [5.74, 6) is 1.74. The number of thioether (sulfide) groups is 1. The second-order valence-electron chi connectivity index (χ2n) is 9.68. The van der Waals surface area contributed by atoms with Crippen LogP contribution in [0.3, 0.4) is 0 Å². The first-order chi connectivity index (χ1) is 20.9. The van der Waals surface area contributed by atoms with Gasteiger partial charge in [0.1, 0.15) is 6.04 Å². The minimum Gasteiger partial charge on any atom is -0.463 e. The Morgan fingerprint density at radius 2 is 1.88 bits per heavy atom. The molecule has 5 aromatic rings. The molecule has 11 nitrogen and oxygen atoms in total. The Kier molecular flexibility index (Phi) is 7.75. The number of nitro groups is 1. The van der Waals surface area contributed by atoms with E-state index >= 15 is 0 Å². The lowest BCUT2D eigenvalue weighted by molar-refractivity contribution is -0.384. The van der Waals surface area contributed by atoms with E-state index in [1.807, 2.05) is 54.6 Å². The van der Waals surface area contributed by atoms with Crippen molar-refractivity contribution in [1.29, 1.82) is 0 Å². The molecule has 3 heterocycles. The molecule has 0 spiro atoms. The fourth-order valence-corrected chi connectivity index (χ4v) is 5.60. The van der Waals surface area contributed by atoms with Crippen molar-refractivity contribution in [2.75, 3.05) is 11.9 Å². The van der Waals surface area contributed by atoms with Gasteiger partial charge in [-0.05, 0) is 37.1 Å². The van der Waals surface area contributed by atoms with Gasteiger partial charge in [-0.1, -0.05) is 66.4 Å². The van der Waals surface area contributed by atoms with Gasteiger partial charge in [0.15, 0.2) is 5.76 Å². The van der Waals surface area contributed by atoms with Gasteiger partial charge in [-0.2, -0.15) is 4.98 Å². The molecule has 1 unspecified atom stereocenters. The highest BCUT2D eigenvalue weighted by Gasteiger charge is 2.35. The number of ether oxygens (including phenoxy) is 1. The minimum absolute atomic E-state index is 0.0855. The molecular formula is C31H26N6O5S. The van der Waals surface area contributed by atoms with Crippen molar-refractivity contribution in [3.63, 3.8) is 0 Å². The van der Waals surface area contributed by atoms with Gasteiger partial charge >= 0.3 is 5.97 Å². The van der Waals surface area contributed by atoms with Crippen LogP contribution in [-0.2, 0) is 15.3 Å². The van der Waals surface area contributed by atoms with Crippen molar-refractivity contribution in [3.8, 4) is 22.8 Å². The largest absolute Gasteiger partial charge is 0.463 e. The number of non-ortho nitro benzene ring substituents is 1. The third-order valence-electron chi connectivity index (χ3n) is 6.86. The summed E-state index contributed by atoms with van der Waals surface area (Å²) >= 11 is 1.43. The van der Waals surface area contributed by atoms with E-state index < -0.39 is 16.9 Å². The van der Waals surface area contributed by atoms with E-state index in [0.717, 1.165) is 16.7 Å². The van der Waals surface area contributed by atoms with E-state index in [9.17, 15) is 14.9 Å². The predicted octanol–water partition coefficient (Wildman–Crippen LogP) is 6.65. The van der Waals surface area contributed by atoms with E-state index in [2.05, 4.69) is 15.3 Å². The number of nitro benzene ring substituents is 1. The Bertz CT molecular complexity index is 1830. The molecule has 2 aromatic heterocycles. The highest BCUT2D eigenvalue weighted by molar-refractivity contribution is 7.98. The Balaban J connectivity index is 1.22. The number of oxazole rings is 1. The molecule has 12 heteroatoms. The number of carbonyl (C=O) groups excluding carboxylic acids is 1. The lowest BCUT2D eigenvalue weighted by atomic mass is 9.95.